The van der Waals surface area contributed by atoms with Crippen molar-refractivity contribution in [2.45, 2.75) is 46.1 Å². The minimum atomic E-state index is -0.605. The van der Waals surface area contributed by atoms with Gasteiger partial charge in [0.1, 0.15) is 24.2 Å². The third-order valence-electron chi connectivity index (χ3n) is 7.24. The lowest BCUT2D eigenvalue weighted by molar-refractivity contribution is 0.108. The molecule has 3 heterocycles. The second kappa shape index (κ2) is 12.6. The van der Waals surface area contributed by atoms with E-state index in [-0.39, 0.29) is 12.6 Å². The van der Waals surface area contributed by atoms with Crippen molar-refractivity contribution in [1.82, 2.24) is 30.2 Å². The summed E-state index contributed by atoms with van der Waals surface area (Å²) in [5, 5.41) is 17.1. The van der Waals surface area contributed by atoms with Crippen LogP contribution >= 0.6 is 0 Å². The molecule has 0 aliphatic carbocycles. The van der Waals surface area contributed by atoms with Crippen LogP contribution < -0.4 is 10.1 Å². The van der Waals surface area contributed by atoms with Gasteiger partial charge < -0.3 is 29.5 Å². The minimum Gasteiger partial charge on any atom is -0.491 e. The molecule has 3 aromatic rings. The highest BCUT2D eigenvalue weighted by Gasteiger charge is 2.26. The number of aromatic nitrogens is 3. The predicted molar refractivity (Wildman–Crippen MR) is 150 cm³/mol. The van der Waals surface area contributed by atoms with Crippen LogP contribution in [0, 0.1) is 26.7 Å². The van der Waals surface area contributed by atoms with Gasteiger partial charge in [-0.3, -0.25) is 0 Å². The Morgan fingerprint density at radius 2 is 1.97 bits per heavy atom. The number of aliphatic hydroxyl groups excluding tert-OH is 1. The number of ether oxygens (including phenoxy) is 1. The number of aliphatic hydroxyl groups is 1. The standard InChI is InChI=1S/C29H40N6O4/c1-18-25(14-21-10-12-35(13-11-21)29(37)34(5)6)31-28(32-27(18)26-19(2)33-39-20(26)3)22-8-7-9-24(15-22)38-17-23(36)16-30-4/h7-9,15,21,23,30,36H,10-14,16-17H2,1-6H3. The Bertz CT molecular complexity index is 1260. The van der Waals surface area contributed by atoms with E-state index in [1.165, 1.54) is 0 Å². The van der Waals surface area contributed by atoms with Crippen molar-refractivity contribution in [3.63, 3.8) is 0 Å². The number of carbonyl (C=O) groups is 1. The Hall–Kier alpha value is -3.50. The third kappa shape index (κ3) is 6.75. The Kier molecular flexibility index (Phi) is 9.19. The molecule has 0 bridgehead atoms. The molecule has 2 amide bonds. The van der Waals surface area contributed by atoms with Crippen LogP contribution in [-0.4, -0.2) is 89.6 Å². The number of piperidine rings is 1. The van der Waals surface area contributed by atoms with E-state index in [0.29, 0.717) is 24.0 Å². The number of amides is 2. The topological polar surface area (TPSA) is 117 Å². The second-order valence-corrected chi connectivity index (χ2v) is 10.5. The fraction of sp³-hybridized carbons (Fsp3) is 0.517. The summed E-state index contributed by atoms with van der Waals surface area (Å²) in [6, 6.07) is 7.71. The second-order valence-electron chi connectivity index (χ2n) is 10.5. The summed E-state index contributed by atoms with van der Waals surface area (Å²) >= 11 is 0. The van der Waals surface area contributed by atoms with E-state index in [2.05, 4.69) is 17.4 Å². The van der Waals surface area contributed by atoms with Crippen LogP contribution in [0.5, 0.6) is 5.75 Å². The van der Waals surface area contributed by atoms with Crippen LogP contribution in [0.2, 0.25) is 0 Å². The molecule has 39 heavy (non-hydrogen) atoms. The zero-order valence-electron chi connectivity index (χ0n) is 23.8. The molecule has 2 aromatic heterocycles. The number of hydrogen-bond acceptors (Lipinski definition) is 8. The number of likely N-dealkylation sites (N-methyl/N-ethyl adjacent to an activating group) is 1. The normalized spacial score (nSPS) is 14.9. The van der Waals surface area contributed by atoms with Crippen LogP contribution in [0.25, 0.3) is 22.6 Å². The lowest BCUT2D eigenvalue weighted by Crippen LogP contribution is -2.44. The summed E-state index contributed by atoms with van der Waals surface area (Å²) < 4.78 is 11.3. The van der Waals surface area contributed by atoms with E-state index in [9.17, 15) is 9.90 Å². The highest BCUT2D eigenvalue weighted by atomic mass is 16.5. The molecule has 10 nitrogen and oxygen atoms in total. The Balaban J connectivity index is 1.64. The third-order valence-corrected chi connectivity index (χ3v) is 7.24. The summed E-state index contributed by atoms with van der Waals surface area (Å²) in [6.45, 7) is 8.01. The smallest absolute Gasteiger partial charge is 0.319 e. The SMILES string of the molecule is CNCC(O)COc1cccc(-c2nc(CC3CCN(C(=O)N(C)C)CC3)c(C)c(-c3c(C)noc3C)n2)c1. The average molecular weight is 537 g/mol. The van der Waals surface area contributed by atoms with E-state index in [1.807, 2.05) is 43.0 Å². The molecular weight excluding hydrogens is 496 g/mol. The number of rotatable bonds is 9. The van der Waals surface area contributed by atoms with Crippen LogP contribution in [0.15, 0.2) is 28.8 Å². The molecule has 2 N–H and O–H groups in total. The summed E-state index contributed by atoms with van der Waals surface area (Å²) in [5.74, 6) is 2.38. The molecule has 10 heteroatoms. The lowest BCUT2D eigenvalue weighted by atomic mass is 9.90. The molecule has 1 aliphatic heterocycles. The van der Waals surface area contributed by atoms with Gasteiger partial charge in [-0.2, -0.15) is 0 Å². The molecule has 0 saturated carbocycles. The summed E-state index contributed by atoms with van der Waals surface area (Å²) in [5.41, 5.74) is 5.34. The van der Waals surface area contributed by atoms with Gasteiger partial charge in [-0.1, -0.05) is 17.3 Å². The number of hydrogen-bond donors (Lipinski definition) is 2. The molecule has 4 rings (SSSR count). The fourth-order valence-electron chi connectivity index (χ4n) is 5.05. The summed E-state index contributed by atoms with van der Waals surface area (Å²) in [7, 11) is 5.38. The van der Waals surface area contributed by atoms with E-state index in [4.69, 9.17) is 19.2 Å². The van der Waals surface area contributed by atoms with E-state index < -0.39 is 6.10 Å². The van der Waals surface area contributed by atoms with E-state index >= 15 is 0 Å². The zero-order chi connectivity index (χ0) is 28.1. The Morgan fingerprint density at radius 3 is 2.62 bits per heavy atom. The van der Waals surface area contributed by atoms with Gasteiger partial charge in [0, 0.05) is 45.0 Å². The van der Waals surface area contributed by atoms with E-state index in [1.54, 1.807) is 26.0 Å². The van der Waals surface area contributed by atoms with Crippen LogP contribution in [-0.2, 0) is 6.42 Å². The number of carbonyl (C=O) groups excluding carboxylic acids is 1. The molecule has 1 fully saturated rings. The molecular formula is C29H40N6O4. The molecule has 1 unspecified atom stereocenters. The average Bonchev–Trinajstić information content (AvgIpc) is 3.26. The highest BCUT2D eigenvalue weighted by Crippen LogP contribution is 2.33. The summed E-state index contributed by atoms with van der Waals surface area (Å²) in [4.78, 5) is 26.0. The maximum Gasteiger partial charge on any atom is 0.319 e. The predicted octanol–water partition coefficient (Wildman–Crippen LogP) is 3.62. The van der Waals surface area contributed by atoms with Crippen LogP contribution in [0.1, 0.15) is 35.6 Å². The number of nitrogens with one attached hydrogen (secondary N) is 1. The maximum absolute atomic E-state index is 12.4. The first kappa shape index (κ1) is 28.5. The van der Waals surface area contributed by atoms with Crippen molar-refractivity contribution >= 4 is 6.03 Å². The van der Waals surface area contributed by atoms with Gasteiger partial charge in [0.05, 0.1) is 17.0 Å². The molecule has 1 saturated heterocycles. The Labute approximate surface area is 230 Å². The van der Waals surface area contributed by atoms with Crippen LogP contribution in [0.3, 0.4) is 0 Å². The van der Waals surface area contributed by atoms with Gasteiger partial charge in [-0.05, 0) is 70.7 Å². The first-order chi connectivity index (χ1) is 18.7. The van der Waals surface area contributed by atoms with Crippen molar-refractivity contribution in [1.29, 1.82) is 0 Å². The molecule has 1 aliphatic rings. The van der Waals surface area contributed by atoms with Crippen molar-refractivity contribution in [2.75, 3.05) is 47.4 Å². The van der Waals surface area contributed by atoms with Crippen molar-refractivity contribution in [2.24, 2.45) is 5.92 Å². The van der Waals surface area contributed by atoms with Gasteiger partial charge in [-0.25, -0.2) is 14.8 Å². The lowest BCUT2D eigenvalue weighted by Gasteiger charge is -2.33. The Morgan fingerprint density at radius 1 is 1.23 bits per heavy atom. The molecule has 0 radical (unpaired) electrons. The number of urea groups is 1. The quantitative estimate of drug-likeness (QED) is 0.426. The highest BCUT2D eigenvalue weighted by molar-refractivity contribution is 5.74. The zero-order valence-corrected chi connectivity index (χ0v) is 23.8. The van der Waals surface area contributed by atoms with Gasteiger partial charge in [0.25, 0.3) is 0 Å². The largest absolute Gasteiger partial charge is 0.491 e. The number of likely N-dealkylation sites (tertiary alicyclic amines) is 1. The minimum absolute atomic E-state index is 0.0650. The summed E-state index contributed by atoms with van der Waals surface area (Å²) in [6.07, 6.45) is 2.05. The van der Waals surface area contributed by atoms with Crippen molar-refractivity contribution in [3.8, 4) is 28.4 Å². The van der Waals surface area contributed by atoms with Gasteiger partial charge in [0.2, 0.25) is 0 Å². The van der Waals surface area contributed by atoms with Crippen molar-refractivity contribution in [3.05, 3.63) is 47.0 Å². The monoisotopic (exact) mass is 536 g/mol. The van der Waals surface area contributed by atoms with E-state index in [0.717, 1.165) is 71.9 Å². The maximum atomic E-state index is 12.4. The molecule has 1 aromatic carbocycles. The van der Waals surface area contributed by atoms with Crippen molar-refractivity contribution < 1.29 is 19.2 Å². The first-order valence-corrected chi connectivity index (χ1v) is 13.5. The number of nitrogens with zero attached hydrogens (tertiary/aromatic N) is 5. The van der Waals surface area contributed by atoms with Crippen LogP contribution in [0.4, 0.5) is 4.79 Å². The fourth-order valence-corrected chi connectivity index (χ4v) is 5.05. The molecule has 1 atom stereocenters. The van der Waals surface area contributed by atoms with Gasteiger partial charge in [-0.15, -0.1) is 0 Å². The van der Waals surface area contributed by atoms with Gasteiger partial charge >= 0.3 is 6.03 Å². The van der Waals surface area contributed by atoms with Gasteiger partial charge in [0.15, 0.2) is 5.82 Å². The molecule has 210 valence electrons. The first-order valence-electron chi connectivity index (χ1n) is 13.5. The number of benzene rings is 1. The number of aryl methyl sites for hydroxylation is 2. The molecule has 0 spiro atoms.